The highest BCUT2D eigenvalue weighted by Crippen LogP contribution is 2.22. The molecule has 0 radical (unpaired) electrons. The molecule has 0 saturated heterocycles. The lowest BCUT2D eigenvalue weighted by Gasteiger charge is -2.06. The Hall–Kier alpha value is -1.12. The molecule has 0 saturated carbocycles. The molecule has 0 atom stereocenters. The van der Waals surface area contributed by atoms with E-state index in [1.807, 2.05) is 0 Å². The molecule has 17 heavy (non-hydrogen) atoms. The quantitative estimate of drug-likeness (QED) is 0.888. The van der Waals surface area contributed by atoms with Crippen LogP contribution in [-0.4, -0.2) is 6.54 Å². The van der Waals surface area contributed by atoms with Gasteiger partial charge in [0.25, 0.3) is 0 Å². The third-order valence-electron chi connectivity index (χ3n) is 2.68. The van der Waals surface area contributed by atoms with E-state index in [-0.39, 0.29) is 0 Å². The molecule has 0 aliphatic carbocycles. The topological polar surface area (TPSA) is 12.0 Å². The number of rotatable bonds is 4. The first-order valence-corrected chi connectivity index (χ1v) is 6.64. The maximum Gasteiger partial charge on any atom is 0.0205 e. The zero-order valence-corrected chi connectivity index (χ0v) is 11.5. The number of benzene rings is 2. The minimum Gasteiger partial charge on any atom is -0.313 e. The van der Waals surface area contributed by atoms with Crippen LogP contribution >= 0.6 is 15.9 Å². The predicted octanol–water partition coefficient (Wildman–Crippen LogP) is 4.23. The van der Waals surface area contributed by atoms with Crippen LogP contribution in [0.3, 0.4) is 0 Å². The van der Waals surface area contributed by atoms with Gasteiger partial charge in [0.2, 0.25) is 0 Å². The highest BCUT2D eigenvalue weighted by atomic mass is 79.9. The second-order valence-corrected chi connectivity index (χ2v) is 4.90. The normalized spacial score (nSPS) is 10.5. The summed E-state index contributed by atoms with van der Waals surface area (Å²) in [6.45, 7) is 4.06. The molecule has 0 aliphatic heterocycles. The van der Waals surface area contributed by atoms with Crippen LogP contribution in [0.15, 0.2) is 53.0 Å². The predicted molar refractivity (Wildman–Crippen MR) is 77.0 cm³/mol. The molecule has 1 nitrogen and oxygen atoms in total. The van der Waals surface area contributed by atoms with Crippen LogP contribution in [0.25, 0.3) is 11.1 Å². The van der Waals surface area contributed by atoms with Crippen LogP contribution in [0, 0.1) is 0 Å². The van der Waals surface area contributed by atoms with Gasteiger partial charge >= 0.3 is 0 Å². The first kappa shape index (κ1) is 12.3. The van der Waals surface area contributed by atoms with E-state index in [9.17, 15) is 0 Å². The molecule has 0 aliphatic rings. The van der Waals surface area contributed by atoms with Crippen molar-refractivity contribution >= 4 is 15.9 Å². The zero-order valence-electron chi connectivity index (χ0n) is 9.91. The number of nitrogens with one attached hydrogen (secondary N) is 1. The van der Waals surface area contributed by atoms with Crippen molar-refractivity contribution in [1.29, 1.82) is 0 Å². The Bertz CT molecular complexity index is 477. The second-order valence-electron chi connectivity index (χ2n) is 3.99. The van der Waals surface area contributed by atoms with E-state index in [0.717, 1.165) is 17.6 Å². The van der Waals surface area contributed by atoms with Gasteiger partial charge in [-0.2, -0.15) is 0 Å². The lowest BCUT2D eigenvalue weighted by Crippen LogP contribution is -2.11. The van der Waals surface area contributed by atoms with E-state index in [1.54, 1.807) is 0 Å². The van der Waals surface area contributed by atoms with Gasteiger partial charge in [-0.25, -0.2) is 0 Å². The smallest absolute Gasteiger partial charge is 0.0205 e. The van der Waals surface area contributed by atoms with Gasteiger partial charge in [0, 0.05) is 11.0 Å². The SMILES string of the molecule is CCNCc1cccc(-c2ccc(Br)cc2)c1. The Morgan fingerprint density at radius 2 is 1.76 bits per heavy atom. The summed E-state index contributed by atoms with van der Waals surface area (Å²) in [4.78, 5) is 0. The van der Waals surface area contributed by atoms with Crippen molar-refractivity contribution in [1.82, 2.24) is 5.32 Å². The van der Waals surface area contributed by atoms with Crippen molar-refractivity contribution < 1.29 is 0 Å². The molecule has 0 bridgehead atoms. The van der Waals surface area contributed by atoms with Crippen LogP contribution < -0.4 is 5.32 Å². The first-order valence-electron chi connectivity index (χ1n) is 5.85. The maximum atomic E-state index is 3.46. The minimum absolute atomic E-state index is 0.931. The fourth-order valence-corrected chi connectivity index (χ4v) is 2.04. The summed E-state index contributed by atoms with van der Waals surface area (Å²) in [5, 5.41) is 3.34. The van der Waals surface area contributed by atoms with Gasteiger partial charge in [-0.15, -0.1) is 0 Å². The van der Waals surface area contributed by atoms with E-state index in [2.05, 4.69) is 76.7 Å². The highest BCUT2D eigenvalue weighted by Gasteiger charge is 1.99. The molecular formula is C15H16BrN. The van der Waals surface area contributed by atoms with Crippen LogP contribution in [0.2, 0.25) is 0 Å². The summed E-state index contributed by atoms with van der Waals surface area (Å²) in [5.41, 5.74) is 3.85. The zero-order chi connectivity index (χ0) is 12.1. The Morgan fingerprint density at radius 1 is 1.00 bits per heavy atom. The molecule has 0 fully saturated rings. The van der Waals surface area contributed by atoms with Crippen molar-refractivity contribution in [2.45, 2.75) is 13.5 Å². The van der Waals surface area contributed by atoms with E-state index in [4.69, 9.17) is 0 Å². The van der Waals surface area contributed by atoms with E-state index in [0.29, 0.717) is 0 Å². The molecule has 2 rings (SSSR count). The summed E-state index contributed by atoms with van der Waals surface area (Å²) in [6.07, 6.45) is 0. The first-order chi connectivity index (χ1) is 8.29. The number of hydrogen-bond donors (Lipinski definition) is 1. The molecule has 0 aromatic heterocycles. The molecule has 0 spiro atoms. The summed E-state index contributed by atoms with van der Waals surface area (Å²) in [7, 11) is 0. The van der Waals surface area contributed by atoms with Gasteiger partial charge in [0.1, 0.15) is 0 Å². The molecule has 2 aromatic rings. The van der Waals surface area contributed by atoms with Crippen molar-refractivity contribution in [2.24, 2.45) is 0 Å². The van der Waals surface area contributed by atoms with Crippen LogP contribution in [-0.2, 0) is 6.54 Å². The monoisotopic (exact) mass is 289 g/mol. The van der Waals surface area contributed by atoms with Crippen molar-refractivity contribution in [2.75, 3.05) is 6.54 Å². The lowest BCUT2D eigenvalue weighted by molar-refractivity contribution is 0.727. The molecule has 2 aromatic carbocycles. The average Bonchev–Trinajstić information content (AvgIpc) is 2.37. The average molecular weight is 290 g/mol. The number of hydrogen-bond acceptors (Lipinski definition) is 1. The van der Waals surface area contributed by atoms with Crippen LogP contribution in [0.4, 0.5) is 0 Å². The summed E-state index contributed by atoms with van der Waals surface area (Å²) in [6, 6.07) is 17.1. The van der Waals surface area contributed by atoms with E-state index < -0.39 is 0 Å². The van der Waals surface area contributed by atoms with Crippen molar-refractivity contribution in [3.8, 4) is 11.1 Å². The van der Waals surface area contributed by atoms with Crippen molar-refractivity contribution in [3.63, 3.8) is 0 Å². The van der Waals surface area contributed by atoms with Crippen LogP contribution in [0.5, 0.6) is 0 Å². The highest BCUT2D eigenvalue weighted by molar-refractivity contribution is 9.10. The Morgan fingerprint density at radius 3 is 2.47 bits per heavy atom. The van der Waals surface area contributed by atoms with Gasteiger partial charge in [-0.1, -0.05) is 53.2 Å². The van der Waals surface area contributed by atoms with E-state index >= 15 is 0 Å². The third kappa shape index (κ3) is 3.42. The van der Waals surface area contributed by atoms with Gasteiger partial charge in [0.05, 0.1) is 0 Å². The van der Waals surface area contributed by atoms with E-state index in [1.165, 1.54) is 16.7 Å². The molecule has 2 heteroatoms. The fraction of sp³-hybridized carbons (Fsp3) is 0.200. The lowest BCUT2D eigenvalue weighted by atomic mass is 10.0. The Kier molecular flexibility index (Phi) is 4.35. The minimum atomic E-state index is 0.931. The van der Waals surface area contributed by atoms with Gasteiger partial charge in [0.15, 0.2) is 0 Å². The largest absolute Gasteiger partial charge is 0.313 e. The molecule has 0 heterocycles. The molecule has 1 N–H and O–H groups in total. The van der Waals surface area contributed by atoms with Gasteiger partial charge in [-0.05, 0) is 41.4 Å². The second kappa shape index (κ2) is 5.99. The fourth-order valence-electron chi connectivity index (χ4n) is 1.77. The molecule has 0 unspecified atom stereocenters. The summed E-state index contributed by atoms with van der Waals surface area (Å²) < 4.78 is 1.12. The van der Waals surface area contributed by atoms with Crippen molar-refractivity contribution in [3.05, 3.63) is 58.6 Å². The van der Waals surface area contributed by atoms with Gasteiger partial charge in [-0.3, -0.25) is 0 Å². The molecule has 0 amide bonds. The maximum absolute atomic E-state index is 3.46. The standard InChI is InChI=1S/C15H16BrN/c1-2-17-11-12-4-3-5-14(10-12)13-6-8-15(16)9-7-13/h3-10,17H,2,11H2,1H3. The summed E-state index contributed by atoms with van der Waals surface area (Å²) in [5.74, 6) is 0. The van der Waals surface area contributed by atoms with Crippen LogP contribution in [0.1, 0.15) is 12.5 Å². The summed E-state index contributed by atoms with van der Waals surface area (Å²) >= 11 is 3.46. The molecule has 88 valence electrons. The Balaban J connectivity index is 2.23. The van der Waals surface area contributed by atoms with Gasteiger partial charge < -0.3 is 5.32 Å². The third-order valence-corrected chi connectivity index (χ3v) is 3.21. The number of halogens is 1. The Labute approximate surface area is 111 Å². The molecular weight excluding hydrogens is 274 g/mol.